The number of sulfonamides is 1. The summed E-state index contributed by atoms with van der Waals surface area (Å²) in [5.41, 5.74) is -0.763. The number of benzene rings is 1. The Kier molecular flexibility index (Phi) is 6.32. The molecule has 0 saturated heterocycles. The van der Waals surface area contributed by atoms with E-state index in [1.807, 2.05) is 13.8 Å². The fraction of sp³-hybridized carbons (Fsp3) is 0.294. The first kappa shape index (κ1) is 20.6. The van der Waals surface area contributed by atoms with E-state index in [9.17, 15) is 22.0 Å². The Labute approximate surface area is 155 Å². The highest BCUT2D eigenvalue weighted by atomic mass is 32.2. The molecule has 1 aromatic carbocycles. The van der Waals surface area contributed by atoms with Crippen molar-refractivity contribution >= 4 is 15.9 Å². The number of hydrogen-bond donors (Lipinski definition) is 1. The normalized spacial score (nSPS) is 11.3. The van der Waals surface area contributed by atoms with Crippen LogP contribution in [0.2, 0.25) is 0 Å². The number of nitrogens with one attached hydrogen (secondary N) is 1. The fourth-order valence-corrected chi connectivity index (χ4v) is 2.34. The quantitative estimate of drug-likeness (QED) is 0.768. The molecule has 1 N–H and O–H groups in total. The topological polar surface area (TPSA) is 94.6 Å². The van der Waals surface area contributed by atoms with Crippen LogP contribution in [-0.4, -0.2) is 32.2 Å². The Balaban J connectivity index is 2.15. The molecule has 0 saturated carbocycles. The number of hydrogen-bond acceptors (Lipinski definition) is 6. The molecule has 146 valence electrons. The third-order valence-electron chi connectivity index (χ3n) is 3.05. The van der Waals surface area contributed by atoms with Crippen molar-refractivity contribution in [2.24, 2.45) is 5.92 Å². The summed E-state index contributed by atoms with van der Waals surface area (Å²) in [5, 5.41) is 0. The van der Waals surface area contributed by atoms with Gasteiger partial charge in [-0.15, -0.1) is 0 Å². The number of aromatic nitrogens is 1. The van der Waals surface area contributed by atoms with Crippen LogP contribution >= 0.6 is 0 Å². The summed E-state index contributed by atoms with van der Waals surface area (Å²) in [4.78, 5) is 15.7. The van der Waals surface area contributed by atoms with Gasteiger partial charge in [-0.1, -0.05) is 13.8 Å². The van der Waals surface area contributed by atoms with Crippen LogP contribution in [-0.2, 0) is 10.0 Å². The van der Waals surface area contributed by atoms with E-state index in [2.05, 4.69) is 4.98 Å². The van der Waals surface area contributed by atoms with Crippen molar-refractivity contribution in [3.8, 4) is 17.4 Å². The van der Waals surface area contributed by atoms with Crippen molar-refractivity contribution in [2.75, 3.05) is 12.9 Å². The van der Waals surface area contributed by atoms with E-state index in [-0.39, 0.29) is 5.75 Å². The molecule has 10 heteroatoms. The van der Waals surface area contributed by atoms with Crippen molar-refractivity contribution in [3.63, 3.8) is 0 Å². The third-order valence-corrected chi connectivity index (χ3v) is 3.60. The highest BCUT2D eigenvalue weighted by Gasteiger charge is 2.20. The zero-order chi connectivity index (χ0) is 20.2. The van der Waals surface area contributed by atoms with E-state index in [1.54, 1.807) is 4.72 Å². The van der Waals surface area contributed by atoms with Crippen LogP contribution in [0.3, 0.4) is 0 Å². The summed E-state index contributed by atoms with van der Waals surface area (Å²) in [5.74, 6) is -3.16. The van der Waals surface area contributed by atoms with Gasteiger partial charge in [0.25, 0.3) is 5.91 Å². The van der Waals surface area contributed by atoms with Gasteiger partial charge < -0.3 is 9.47 Å². The summed E-state index contributed by atoms with van der Waals surface area (Å²) in [6.07, 6.45) is 2.00. The summed E-state index contributed by atoms with van der Waals surface area (Å²) < 4.78 is 62.5. The molecule has 1 amide bonds. The zero-order valence-electron chi connectivity index (χ0n) is 14.8. The van der Waals surface area contributed by atoms with Crippen LogP contribution in [0.5, 0.6) is 17.4 Å². The molecule has 0 spiro atoms. The van der Waals surface area contributed by atoms with Crippen molar-refractivity contribution in [1.29, 1.82) is 0 Å². The monoisotopic (exact) mass is 400 g/mol. The Morgan fingerprint density at radius 1 is 1.22 bits per heavy atom. The lowest BCUT2D eigenvalue weighted by atomic mass is 10.2. The van der Waals surface area contributed by atoms with E-state index in [4.69, 9.17) is 9.47 Å². The molecule has 2 aromatic rings. The molecule has 7 nitrogen and oxygen atoms in total. The molecule has 0 aliphatic carbocycles. The molecule has 1 aromatic heterocycles. The van der Waals surface area contributed by atoms with Crippen LogP contribution in [0.25, 0.3) is 0 Å². The molecule has 0 atom stereocenters. The minimum absolute atomic E-state index is 0.124. The maximum Gasteiger partial charge on any atom is 0.267 e. The maximum atomic E-state index is 14.1. The molecule has 0 unspecified atom stereocenters. The molecule has 0 fully saturated rings. The molecule has 27 heavy (non-hydrogen) atoms. The van der Waals surface area contributed by atoms with E-state index < -0.39 is 38.9 Å². The van der Waals surface area contributed by atoms with Gasteiger partial charge in [-0.05, 0) is 18.1 Å². The molecule has 0 bridgehead atoms. The second-order valence-corrected chi connectivity index (χ2v) is 7.85. The van der Waals surface area contributed by atoms with Crippen molar-refractivity contribution in [2.45, 2.75) is 13.8 Å². The van der Waals surface area contributed by atoms with E-state index in [0.717, 1.165) is 6.26 Å². The lowest BCUT2D eigenvalue weighted by molar-refractivity contribution is 0.0977. The largest absolute Gasteiger partial charge is 0.477 e. The van der Waals surface area contributed by atoms with E-state index in [0.29, 0.717) is 30.5 Å². The predicted molar refractivity (Wildman–Crippen MR) is 93.3 cm³/mol. The van der Waals surface area contributed by atoms with Gasteiger partial charge >= 0.3 is 0 Å². The third kappa shape index (κ3) is 6.17. The number of nitrogens with zero attached hydrogens (tertiary/aromatic N) is 1. The minimum atomic E-state index is -3.91. The standard InChI is InChI=1S/C17H18F2N2O5S/c1-10(2)9-25-16-5-4-11(8-20-16)26-15-7-13(18)12(6-14(15)19)17(22)21-27(3,23)24/h4-8,10H,9H2,1-3H3,(H,21,22). The summed E-state index contributed by atoms with van der Waals surface area (Å²) >= 11 is 0. The van der Waals surface area contributed by atoms with Crippen LogP contribution in [0.4, 0.5) is 8.78 Å². The number of ether oxygens (including phenoxy) is 2. The first-order chi connectivity index (χ1) is 12.5. The fourth-order valence-electron chi connectivity index (χ4n) is 1.90. The Morgan fingerprint density at radius 3 is 2.48 bits per heavy atom. The van der Waals surface area contributed by atoms with Gasteiger partial charge in [-0.3, -0.25) is 4.79 Å². The average molecular weight is 400 g/mol. The van der Waals surface area contributed by atoms with Crippen LogP contribution < -0.4 is 14.2 Å². The number of rotatable bonds is 7. The van der Waals surface area contributed by atoms with Gasteiger partial charge in [0.05, 0.1) is 24.6 Å². The van der Waals surface area contributed by atoms with Crippen molar-refractivity contribution in [1.82, 2.24) is 9.71 Å². The van der Waals surface area contributed by atoms with Crippen LogP contribution in [0.1, 0.15) is 24.2 Å². The maximum absolute atomic E-state index is 14.1. The number of amides is 1. The summed E-state index contributed by atoms with van der Waals surface area (Å²) in [7, 11) is -3.91. The van der Waals surface area contributed by atoms with Gasteiger partial charge in [0.15, 0.2) is 11.6 Å². The minimum Gasteiger partial charge on any atom is -0.477 e. The highest BCUT2D eigenvalue weighted by Crippen LogP contribution is 2.27. The number of pyridine rings is 1. The van der Waals surface area contributed by atoms with Gasteiger partial charge in [0, 0.05) is 12.1 Å². The van der Waals surface area contributed by atoms with Crippen molar-refractivity contribution in [3.05, 3.63) is 47.7 Å². The SMILES string of the molecule is CC(C)COc1ccc(Oc2cc(F)c(C(=O)NS(C)(=O)=O)cc2F)cn1. The lowest BCUT2D eigenvalue weighted by Gasteiger charge is -2.11. The average Bonchev–Trinajstić information content (AvgIpc) is 2.55. The molecule has 1 heterocycles. The summed E-state index contributed by atoms with van der Waals surface area (Å²) in [6.45, 7) is 4.44. The van der Waals surface area contributed by atoms with E-state index in [1.165, 1.54) is 18.3 Å². The Morgan fingerprint density at radius 2 is 1.93 bits per heavy atom. The molecule has 2 rings (SSSR count). The molecule has 0 radical (unpaired) electrons. The molecule has 0 aliphatic rings. The second kappa shape index (κ2) is 8.30. The van der Waals surface area contributed by atoms with Gasteiger partial charge in [0.2, 0.25) is 15.9 Å². The first-order valence-electron chi connectivity index (χ1n) is 7.83. The predicted octanol–water partition coefficient (Wildman–Crippen LogP) is 2.88. The Hall–Kier alpha value is -2.75. The van der Waals surface area contributed by atoms with Crippen LogP contribution in [0.15, 0.2) is 30.5 Å². The molecular formula is C17H18F2N2O5S. The van der Waals surface area contributed by atoms with Crippen molar-refractivity contribution < 1.29 is 31.5 Å². The van der Waals surface area contributed by atoms with Gasteiger partial charge in [-0.25, -0.2) is 26.9 Å². The lowest BCUT2D eigenvalue weighted by Crippen LogP contribution is -2.30. The number of halogens is 2. The molecular weight excluding hydrogens is 382 g/mol. The Bertz CT molecular complexity index is 931. The van der Waals surface area contributed by atoms with Crippen LogP contribution in [0, 0.1) is 17.6 Å². The van der Waals surface area contributed by atoms with Gasteiger partial charge in [0.1, 0.15) is 11.6 Å². The molecule has 0 aliphatic heterocycles. The van der Waals surface area contributed by atoms with Gasteiger partial charge in [-0.2, -0.15) is 0 Å². The smallest absolute Gasteiger partial charge is 0.267 e. The highest BCUT2D eigenvalue weighted by molar-refractivity contribution is 7.89. The summed E-state index contributed by atoms with van der Waals surface area (Å²) in [6, 6.07) is 4.18. The zero-order valence-corrected chi connectivity index (χ0v) is 15.6. The van der Waals surface area contributed by atoms with E-state index >= 15 is 0 Å². The first-order valence-corrected chi connectivity index (χ1v) is 9.72. The second-order valence-electron chi connectivity index (χ2n) is 6.10. The number of carbonyl (C=O) groups excluding carboxylic acids is 1. The number of carbonyl (C=O) groups is 1.